The van der Waals surface area contributed by atoms with Crippen molar-refractivity contribution in [3.8, 4) is 0 Å². The van der Waals surface area contributed by atoms with Crippen LogP contribution in [0.3, 0.4) is 0 Å². The molecule has 0 atom stereocenters. The summed E-state index contributed by atoms with van der Waals surface area (Å²) < 4.78 is 0. The molecule has 1 aliphatic rings. The fourth-order valence-corrected chi connectivity index (χ4v) is 2.49. The molecule has 0 amide bonds. The molecule has 3 heterocycles. The summed E-state index contributed by atoms with van der Waals surface area (Å²) in [5.74, 6) is 2.26. The van der Waals surface area contributed by atoms with Crippen molar-refractivity contribution in [3.63, 3.8) is 0 Å². The molecule has 23 heavy (non-hydrogen) atoms. The van der Waals surface area contributed by atoms with E-state index < -0.39 is 0 Å². The molecular formula is C15H22N8. The summed E-state index contributed by atoms with van der Waals surface area (Å²) in [6.07, 6.45) is 7.52. The Bertz CT molecular complexity index is 597. The van der Waals surface area contributed by atoms with Crippen LogP contribution in [-0.2, 0) is 0 Å². The van der Waals surface area contributed by atoms with Crippen LogP contribution < -0.4 is 15.1 Å². The lowest BCUT2D eigenvalue weighted by Gasteiger charge is -2.35. The lowest BCUT2D eigenvalue weighted by atomic mass is 10.3. The highest BCUT2D eigenvalue weighted by atomic mass is 15.4. The van der Waals surface area contributed by atoms with Gasteiger partial charge in [-0.3, -0.25) is 0 Å². The number of anilines is 3. The van der Waals surface area contributed by atoms with Crippen molar-refractivity contribution < 1.29 is 0 Å². The van der Waals surface area contributed by atoms with E-state index in [4.69, 9.17) is 0 Å². The minimum atomic E-state index is 0.602. The summed E-state index contributed by atoms with van der Waals surface area (Å²) in [6.45, 7) is 6.50. The van der Waals surface area contributed by atoms with E-state index in [2.05, 4.69) is 47.2 Å². The minimum absolute atomic E-state index is 0.602. The number of nitrogens with zero attached hydrogens (tertiary/aromatic N) is 7. The van der Waals surface area contributed by atoms with Crippen LogP contribution in [0.2, 0.25) is 0 Å². The number of rotatable bonds is 6. The van der Waals surface area contributed by atoms with Crippen LogP contribution in [0.15, 0.2) is 24.7 Å². The van der Waals surface area contributed by atoms with Crippen LogP contribution in [0, 0.1) is 0 Å². The quantitative estimate of drug-likeness (QED) is 0.796. The maximum absolute atomic E-state index is 4.56. The zero-order chi connectivity index (χ0) is 15.9. The fourth-order valence-electron chi connectivity index (χ4n) is 2.49. The van der Waals surface area contributed by atoms with Crippen LogP contribution in [0.1, 0.15) is 19.8 Å². The molecule has 0 bridgehead atoms. The summed E-state index contributed by atoms with van der Waals surface area (Å²) >= 11 is 0. The molecule has 0 saturated carbocycles. The van der Waals surface area contributed by atoms with Crippen molar-refractivity contribution >= 4 is 17.7 Å². The first-order valence-electron chi connectivity index (χ1n) is 8.07. The highest BCUT2D eigenvalue weighted by Crippen LogP contribution is 2.16. The van der Waals surface area contributed by atoms with Gasteiger partial charge in [0, 0.05) is 45.1 Å². The highest BCUT2D eigenvalue weighted by Gasteiger charge is 2.20. The molecule has 8 heteroatoms. The van der Waals surface area contributed by atoms with E-state index >= 15 is 0 Å². The van der Waals surface area contributed by atoms with E-state index in [9.17, 15) is 0 Å². The molecule has 1 fully saturated rings. The number of nitrogens with one attached hydrogen (secondary N) is 1. The van der Waals surface area contributed by atoms with Gasteiger partial charge in [0.2, 0.25) is 11.9 Å². The SMILES string of the molecule is CCCCNc1nncc(N2CCN(c3ncccn3)CC2)n1. The molecule has 2 aromatic rings. The Balaban J connectivity index is 1.58. The standard InChI is InChI=1S/C15H22N8/c1-2-3-5-16-14-20-13(12-19-21-14)22-8-10-23(11-9-22)15-17-6-4-7-18-15/h4,6-7,12H,2-3,5,8-11H2,1H3,(H,16,20,21). The van der Waals surface area contributed by atoms with Gasteiger partial charge < -0.3 is 15.1 Å². The number of unbranched alkanes of at least 4 members (excludes halogenated alkanes) is 1. The van der Waals surface area contributed by atoms with E-state index in [-0.39, 0.29) is 0 Å². The van der Waals surface area contributed by atoms with E-state index in [1.54, 1.807) is 18.6 Å². The molecule has 0 spiro atoms. The first-order valence-corrected chi connectivity index (χ1v) is 8.07. The summed E-state index contributed by atoms with van der Waals surface area (Å²) in [4.78, 5) is 17.6. The Hall–Kier alpha value is -2.51. The van der Waals surface area contributed by atoms with Crippen LogP contribution >= 0.6 is 0 Å². The van der Waals surface area contributed by atoms with E-state index in [1.165, 1.54) is 0 Å². The zero-order valence-corrected chi connectivity index (χ0v) is 13.4. The monoisotopic (exact) mass is 314 g/mol. The predicted octanol–water partition coefficient (Wildman–Crippen LogP) is 1.20. The number of piperazine rings is 1. The van der Waals surface area contributed by atoms with Crippen molar-refractivity contribution in [2.24, 2.45) is 0 Å². The molecule has 1 saturated heterocycles. The highest BCUT2D eigenvalue weighted by molar-refractivity contribution is 5.43. The molecule has 8 nitrogen and oxygen atoms in total. The summed E-state index contributed by atoms with van der Waals surface area (Å²) in [5, 5.41) is 11.3. The van der Waals surface area contributed by atoms with Gasteiger partial charge >= 0.3 is 0 Å². The number of hydrogen-bond donors (Lipinski definition) is 1. The van der Waals surface area contributed by atoms with Gasteiger partial charge in [0.1, 0.15) is 0 Å². The Morgan fingerprint density at radius 1 is 1.09 bits per heavy atom. The molecule has 3 rings (SSSR count). The van der Waals surface area contributed by atoms with E-state index in [0.717, 1.165) is 57.3 Å². The van der Waals surface area contributed by atoms with Crippen molar-refractivity contribution in [2.45, 2.75) is 19.8 Å². The number of aromatic nitrogens is 5. The predicted molar refractivity (Wildman–Crippen MR) is 89.7 cm³/mol. The minimum Gasteiger partial charge on any atom is -0.353 e. The van der Waals surface area contributed by atoms with Gasteiger partial charge in [0.15, 0.2) is 5.82 Å². The molecule has 122 valence electrons. The second-order valence-electron chi connectivity index (χ2n) is 5.44. The smallest absolute Gasteiger partial charge is 0.244 e. The van der Waals surface area contributed by atoms with Crippen LogP contribution in [0.25, 0.3) is 0 Å². The topological polar surface area (TPSA) is 83.0 Å². The largest absolute Gasteiger partial charge is 0.353 e. The molecule has 0 radical (unpaired) electrons. The van der Waals surface area contributed by atoms with Gasteiger partial charge in [-0.1, -0.05) is 13.3 Å². The van der Waals surface area contributed by atoms with Crippen LogP contribution in [0.5, 0.6) is 0 Å². The molecule has 0 unspecified atom stereocenters. The van der Waals surface area contributed by atoms with Gasteiger partial charge in [0.25, 0.3) is 0 Å². The molecule has 1 N–H and O–H groups in total. The normalized spacial score (nSPS) is 14.8. The maximum Gasteiger partial charge on any atom is 0.244 e. The second kappa shape index (κ2) is 7.66. The second-order valence-corrected chi connectivity index (χ2v) is 5.44. The van der Waals surface area contributed by atoms with Gasteiger partial charge in [-0.2, -0.15) is 10.1 Å². The first-order chi connectivity index (χ1) is 11.4. The summed E-state index contributed by atoms with van der Waals surface area (Å²) in [5.41, 5.74) is 0. The number of hydrogen-bond acceptors (Lipinski definition) is 8. The summed E-state index contributed by atoms with van der Waals surface area (Å²) in [6, 6.07) is 1.83. The van der Waals surface area contributed by atoms with E-state index in [0.29, 0.717) is 5.95 Å². The fraction of sp³-hybridized carbons (Fsp3) is 0.533. The third kappa shape index (κ3) is 4.02. The third-order valence-electron chi connectivity index (χ3n) is 3.80. The lowest BCUT2D eigenvalue weighted by Crippen LogP contribution is -2.47. The Labute approximate surface area is 136 Å². The lowest BCUT2D eigenvalue weighted by molar-refractivity contribution is 0.632. The van der Waals surface area contributed by atoms with Crippen molar-refractivity contribution in [1.82, 2.24) is 25.1 Å². The Morgan fingerprint density at radius 3 is 2.57 bits per heavy atom. The molecular weight excluding hydrogens is 292 g/mol. The Morgan fingerprint density at radius 2 is 1.83 bits per heavy atom. The van der Waals surface area contributed by atoms with Crippen molar-refractivity contribution in [2.75, 3.05) is 47.8 Å². The van der Waals surface area contributed by atoms with Crippen molar-refractivity contribution in [1.29, 1.82) is 0 Å². The van der Waals surface area contributed by atoms with Crippen LogP contribution in [0.4, 0.5) is 17.7 Å². The average molecular weight is 314 g/mol. The van der Waals surface area contributed by atoms with Gasteiger partial charge in [-0.05, 0) is 12.5 Å². The molecule has 2 aromatic heterocycles. The maximum atomic E-state index is 4.56. The first kappa shape index (κ1) is 15.4. The van der Waals surface area contributed by atoms with Gasteiger partial charge in [0.05, 0.1) is 6.20 Å². The summed E-state index contributed by atoms with van der Waals surface area (Å²) in [7, 11) is 0. The van der Waals surface area contributed by atoms with Crippen LogP contribution in [-0.4, -0.2) is 57.9 Å². The molecule has 0 aromatic carbocycles. The van der Waals surface area contributed by atoms with Gasteiger partial charge in [-0.25, -0.2) is 9.97 Å². The molecule has 1 aliphatic heterocycles. The van der Waals surface area contributed by atoms with Gasteiger partial charge in [-0.15, -0.1) is 5.10 Å². The molecule has 0 aliphatic carbocycles. The Kier molecular flexibility index (Phi) is 5.13. The van der Waals surface area contributed by atoms with Crippen molar-refractivity contribution in [3.05, 3.63) is 24.7 Å². The average Bonchev–Trinajstić information content (AvgIpc) is 2.63. The van der Waals surface area contributed by atoms with E-state index in [1.807, 2.05) is 6.07 Å². The zero-order valence-electron chi connectivity index (χ0n) is 13.4. The third-order valence-corrected chi connectivity index (χ3v) is 3.80.